The summed E-state index contributed by atoms with van der Waals surface area (Å²) in [7, 11) is 0. The SMILES string of the molecule is Cc1cc(Oc2c(C)cccc2CN)cc(C)c1Br. The van der Waals surface area contributed by atoms with E-state index in [9.17, 15) is 0 Å². The molecule has 0 unspecified atom stereocenters. The Balaban J connectivity index is 2.42. The number of nitrogens with two attached hydrogens (primary N) is 1. The van der Waals surface area contributed by atoms with Crippen molar-refractivity contribution in [3.05, 3.63) is 57.1 Å². The van der Waals surface area contributed by atoms with Crippen molar-refractivity contribution in [3.63, 3.8) is 0 Å². The molecule has 0 aliphatic heterocycles. The Kier molecular flexibility index (Phi) is 4.27. The number of benzene rings is 2. The second kappa shape index (κ2) is 5.76. The standard InChI is InChI=1S/C16H18BrNO/c1-10-5-4-6-13(9-18)16(10)19-14-7-11(2)15(17)12(3)8-14/h4-8H,9,18H2,1-3H3. The molecule has 0 atom stereocenters. The summed E-state index contributed by atoms with van der Waals surface area (Å²) in [6.45, 7) is 6.63. The highest BCUT2D eigenvalue weighted by atomic mass is 79.9. The van der Waals surface area contributed by atoms with Crippen LogP contribution in [0.25, 0.3) is 0 Å². The third-order valence-corrected chi connectivity index (χ3v) is 4.39. The summed E-state index contributed by atoms with van der Waals surface area (Å²) >= 11 is 3.57. The molecule has 3 heteroatoms. The largest absolute Gasteiger partial charge is 0.457 e. The molecule has 0 aliphatic rings. The number of aryl methyl sites for hydroxylation is 3. The van der Waals surface area contributed by atoms with Crippen molar-refractivity contribution in [2.75, 3.05) is 0 Å². The third kappa shape index (κ3) is 2.99. The van der Waals surface area contributed by atoms with Crippen molar-refractivity contribution in [1.29, 1.82) is 0 Å². The maximum Gasteiger partial charge on any atom is 0.134 e. The molecule has 2 rings (SSSR count). The molecule has 19 heavy (non-hydrogen) atoms. The maximum atomic E-state index is 6.05. The van der Waals surface area contributed by atoms with Gasteiger partial charge in [-0.2, -0.15) is 0 Å². The fourth-order valence-corrected chi connectivity index (χ4v) is 2.33. The Morgan fingerprint density at radius 3 is 2.26 bits per heavy atom. The van der Waals surface area contributed by atoms with Crippen LogP contribution in [0.5, 0.6) is 11.5 Å². The first-order valence-corrected chi connectivity index (χ1v) is 7.05. The topological polar surface area (TPSA) is 35.2 Å². The van der Waals surface area contributed by atoms with E-state index in [0.717, 1.165) is 38.2 Å². The first-order chi connectivity index (χ1) is 9.02. The average Bonchev–Trinajstić information content (AvgIpc) is 2.38. The Labute approximate surface area is 122 Å². The van der Waals surface area contributed by atoms with Crippen molar-refractivity contribution < 1.29 is 4.74 Å². The normalized spacial score (nSPS) is 10.6. The van der Waals surface area contributed by atoms with Gasteiger partial charge < -0.3 is 10.5 Å². The van der Waals surface area contributed by atoms with Gasteiger partial charge in [0.2, 0.25) is 0 Å². The first-order valence-electron chi connectivity index (χ1n) is 6.26. The zero-order chi connectivity index (χ0) is 14.0. The van der Waals surface area contributed by atoms with Crippen LogP contribution < -0.4 is 10.5 Å². The molecule has 0 radical (unpaired) electrons. The van der Waals surface area contributed by atoms with Crippen LogP contribution in [0.3, 0.4) is 0 Å². The number of para-hydroxylation sites is 1. The number of hydrogen-bond acceptors (Lipinski definition) is 2. The van der Waals surface area contributed by atoms with Crippen LogP contribution in [-0.2, 0) is 6.54 Å². The average molecular weight is 320 g/mol. The fraction of sp³-hybridized carbons (Fsp3) is 0.250. The highest BCUT2D eigenvalue weighted by Crippen LogP contribution is 2.32. The summed E-state index contributed by atoms with van der Waals surface area (Å²) in [4.78, 5) is 0. The molecular formula is C16H18BrNO. The summed E-state index contributed by atoms with van der Waals surface area (Å²) in [6, 6.07) is 10.1. The predicted octanol–water partition coefficient (Wildman–Crippen LogP) is 4.63. The van der Waals surface area contributed by atoms with Gasteiger partial charge >= 0.3 is 0 Å². The lowest BCUT2D eigenvalue weighted by Crippen LogP contribution is -2.01. The van der Waals surface area contributed by atoms with E-state index in [2.05, 4.69) is 29.8 Å². The van der Waals surface area contributed by atoms with Crippen molar-refractivity contribution in [2.45, 2.75) is 27.3 Å². The van der Waals surface area contributed by atoms with Crippen LogP contribution in [0.2, 0.25) is 0 Å². The minimum atomic E-state index is 0.478. The highest BCUT2D eigenvalue weighted by molar-refractivity contribution is 9.10. The molecule has 2 N–H and O–H groups in total. The van der Waals surface area contributed by atoms with E-state index in [4.69, 9.17) is 10.5 Å². The number of rotatable bonds is 3. The summed E-state index contributed by atoms with van der Waals surface area (Å²) in [6.07, 6.45) is 0. The van der Waals surface area contributed by atoms with Crippen LogP contribution >= 0.6 is 15.9 Å². The Morgan fingerprint density at radius 1 is 1.05 bits per heavy atom. The smallest absolute Gasteiger partial charge is 0.134 e. The maximum absolute atomic E-state index is 6.05. The molecule has 2 nitrogen and oxygen atoms in total. The van der Waals surface area contributed by atoms with E-state index < -0.39 is 0 Å². The lowest BCUT2D eigenvalue weighted by Gasteiger charge is -2.14. The summed E-state index contributed by atoms with van der Waals surface area (Å²) in [5, 5.41) is 0. The van der Waals surface area contributed by atoms with Gasteiger partial charge in [0.15, 0.2) is 0 Å². The fourth-order valence-electron chi connectivity index (χ4n) is 2.10. The molecule has 0 heterocycles. The molecule has 0 fully saturated rings. The van der Waals surface area contributed by atoms with Crippen LogP contribution in [0.1, 0.15) is 22.3 Å². The van der Waals surface area contributed by atoms with E-state index in [1.165, 1.54) is 0 Å². The van der Waals surface area contributed by atoms with Crippen molar-refractivity contribution in [1.82, 2.24) is 0 Å². The second-order valence-corrected chi connectivity index (χ2v) is 5.53. The lowest BCUT2D eigenvalue weighted by molar-refractivity contribution is 0.471. The minimum absolute atomic E-state index is 0.478. The van der Waals surface area contributed by atoms with E-state index in [0.29, 0.717) is 6.54 Å². The Bertz CT molecular complexity index is 585. The zero-order valence-electron chi connectivity index (χ0n) is 11.5. The predicted molar refractivity (Wildman–Crippen MR) is 82.8 cm³/mol. The van der Waals surface area contributed by atoms with Crippen LogP contribution in [0.15, 0.2) is 34.8 Å². The molecule has 2 aromatic carbocycles. The van der Waals surface area contributed by atoms with Gasteiger partial charge in [0.1, 0.15) is 11.5 Å². The summed E-state index contributed by atoms with van der Waals surface area (Å²) < 4.78 is 7.18. The molecule has 0 amide bonds. The molecule has 0 bridgehead atoms. The van der Waals surface area contributed by atoms with Gasteiger partial charge in [-0.3, -0.25) is 0 Å². The van der Waals surface area contributed by atoms with Gasteiger partial charge in [-0.15, -0.1) is 0 Å². The zero-order valence-corrected chi connectivity index (χ0v) is 13.0. The quantitative estimate of drug-likeness (QED) is 0.895. The molecule has 0 saturated carbocycles. The monoisotopic (exact) mass is 319 g/mol. The molecule has 0 aromatic heterocycles. The van der Waals surface area contributed by atoms with Crippen molar-refractivity contribution >= 4 is 15.9 Å². The third-order valence-electron chi connectivity index (χ3n) is 3.14. The molecule has 100 valence electrons. The van der Waals surface area contributed by atoms with Gasteiger partial charge in [-0.1, -0.05) is 34.1 Å². The van der Waals surface area contributed by atoms with Gasteiger partial charge in [-0.25, -0.2) is 0 Å². The van der Waals surface area contributed by atoms with E-state index in [-0.39, 0.29) is 0 Å². The van der Waals surface area contributed by atoms with Crippen LogP contribution in [0, 0.1) is 20.8 Å². The molecular weight excluding hydrogens is 302 g/mol. The molecule has 2 aromatic rings. The van der Waals surface area contributed by atoms with E-state index >= 15 is 0 Å². The van der Waals surface area contributed by atoms with Crippen molar-refractivity contribution in [3.8, 4) is 11.5 Å². The summed E-state index contributed by atoms with van der Waals surface area (Å²) in [5.74, 6) is 1.72. The van der Waals surface area contributed by atoms with Crippen LogP contribution in [0.4, 0.5) is 0 Å². The Hall–Kier alpha value is -1.32. The van der Waals surface area contributed by atoms with E-state index in [1.807, 2.05) is 37.3 Å². The van der Waals surface area contributed by atoms with Crippen LogP contribution in [-0.4, -0.2) is 0 Å². The number of ether oxygens (including phenoxy) is 1. The Morgan fingerprint density at radius 2 is 1.68 bits per heavy atom. The number of hydrogen-bond donors (Lipinski definition) is 1. The highest BCUT2D eigenvalue weighted by Gasteiger charge is 2.09. The van der Waals surface area contributed by atoms with Gasteiger partial charge in [-0.05, 0) is 49.6 Å². The van der Waals surface area contributed by atoms with Gasteiger partial charge in [0.05, 0.1) is 0 Å². The number of halogens is 1. The molecule has 0 aliphatic carbocycles. The van der Waals surface area contributed by atoms with E-state index in [1.54, 1.807) is 0 Å². The van der Waals surface area contributed by atoms with Gasteiger partial charge in [0.25, 0.3) is 0 Å². The molecule has 0 saturated heterocycles. The van der Waals surface area contributed by atoms with Crippen molar-refractivity contribution in [2.24, 2.45) is 5.73 Å². The summed E-state index contributed by atoms with van der Waals surface area (Å²) in [5.41, 5.74) is 10.2. The lowest BCUT2D eigenvalue weighted by atomic mass is 10.1. The minimum Gasteiger partial charge on any atom is -0.457 e. The second-order valence-electron chi connectivity index (χ2n) is 4.74. The molecule has 0 spiro atoms. The first kappa shape index (κ1) is 14.1. The van der Waals surface area contributed by atoms with Gasteiger partial charge in [0, 0.05) is 16.6 Å².